The van der Waals surface area contributed by atoms with Crippen LogP contribution >= 0.6 is 0 Å². The van der Waals surface area contributed by atoms with Crippen molar-refractivity contribution in [2.45, 2.75) is 103 Å². The molecule has 5 rings (SSSR count). The second-order valence-corrected chi connectivity index (χ2v) is 13.5. The second-order valence-electron chi connectivity index (χ2n) is 13.5. The van der Waals surface area contributed by atoms with Crippen molar-refractivity contribution in [3.8, 4) is 5.75 Å². The Labute approximate surface area is 229 Å². The Hall–Kier alpha value is -1.88. The molecular weight excluding hydrogens is 474 g/mol. The van der Waals surface area contributed by atoms with E-state index < -0.39 is 0 Å². The van der Waals surface area contributed by atoms with Crippen LogP contribution in [0.5, 0.6) is 5.75 Å². The molecule has 210 valence electrons. The number of nitrogens with one attached hydrogen (secondary N) is 1. The van der Waals surface area contributed by atoms with E-state index in [1.54, 1.807) is 7.05 Å². The third-order valence-corrected chi connectivity index (χ3v) is 11.6. The number of amides is 1. The Morgan fingerprint density at radius 3 is 2.74 bits per heavy atom. The van der Waals surface area contributed by atoms with Gasteiger partial charge in [0, 0.05) is 26.3 Å². The van der Waals surface area contributed by atoms with E-state index in [2.05, 4.69) is 37.4 Å². The average molecular weight is 524 g/mol. The van der Waals surface area contributed by atoms with E-state index >= 15 is 0 Å². The summed E-state index contributed by atoms with van der Waals surface area (Å²) in [5.41, 5.74) is 1.69. The number of hydrogen-bond donors (Lipinski definition) is 2. The van der Waals surface area contributed by atoms with Crippen LogP contribution in [0.15, 0.2) is 24.3 Å². The normalized spacial score (nSPS) is 38.2. The predicted molar refractivity (Wildman–Crippen MR) is 150 cm³/mol. The van der Waals surface area contributed by atoms with Gasteiger partial charge in [-0.15, -0.1) is 0 Å². The molecule has 2 N–H and O–H groups in total. The van der Waals surface area contributed by atoms with Crippen LogP contribution in [-0.4, -0.2) is 36.6 Å². The number of aliphatic hydroxyl groups is 1. The van der Waals surface area contributed by atoms with Gasteiger partial charge in [-0.3, -0.25) is 9.59 Å². The highest BCUT2D eigenvalue weighted by Gasteiger charge is 2.62. The number of ketones is 1. The Balaban J connectivity index is 1.24. The first kappa shape index (κ1) is 27.7. The molecule has 0 spiro atoms. The van der Waals surface area contributed by atoms with Crippen LogP contribution in [0.2, 0.25) is 0 Å². The number of carbonyl (C=O) groups excluding carboxylic acids is 2. The summed E-state index contributed by atoms with van der Waals surface area (Å²) < 4.78 is 5.92. The van der Waals surface area contributed by atoms with E-state index in [1.165, 1.54) is 31.2 Å². The Morgan fingerprint density at radius 1 is 1.11 bits per heavy atom. The van der Waals surface area contributed by atoms with Gasteiger partial charge in [-0.1, -0.05) is 26.0 Å². The number of ether oxygens (including phenoxy) is 1. The second kappa shape index (κ2) is 11.3. The molecule has 4 saturated carbocycles. The lowest BCUT2D eigenvalue weighted by atomic mass is 9.42. The van der Waals surface area contributed by atoms with Crippen molar-refractivity contribution in [2.24, 2.45) is 40.4 Å². The first-order chi connectivity index (χ1) is 18.2. The molecule has 1 aromatic rings. The number of benzene rings is 1. The molecule has 4 aliphatic carbocycles. The van der Waals surface area contributed by atoms with Gasteiger partial charge in [-0.25, -0.2) is 0 Å². The summed E-state index contributed by atoms with van der Waals surface area (Å²) in [6.45, 7) is 5.45. The third-order valence-electron chi connectivity index (χ3n) is 11.6. The van der Waals surface area contributed by atoms with Crippen LogP contribution < -0.4 is 10.1 Å². The van der Waals surface area contributed by atoms with Crippen molar-refractivity contribution in [1.82, 2.24) is 5.32 Å². The third kappa shape index (κ3) is 5.29. The summed E-state index contributed by atoms with van der Waals surface area (Å²) in [7, 11) is 1.66. The number of fused-ring (bicyclic) bond motifs is 5. The molecular formula is C33H49NO4. The number of aryl methyl sites for hydroxylation is 1. The summed E-state index contributed by atoms with van der Waals surface area (Å²) in [5.74, 6) is 4.63. The van der Waals surface area contributed by atoms with Gasteiger partial charge in [0.2, 0.25) is 5.91 Å². The minimum atomic E-state index is -0.147. The highest BCUT2D eigenvalue weighted by Crippen LogP contribution is 2.67. The molecule has 4 fully saturated rings. The van der Waals surface area contributed by atoms with Crippen LogP contribution in [0.3, 0.4) is 0 Å². The zero-order chi connectivity index (χ0) is 26.9. The fourth-order valence-corrected chi connectivity index (χ4v) is 9.40. The van der Waals surface area contributed by atoms with Gasteiger partial charge in [-0.05, 0) is 122 Å². The van der Waals surface area contributed by atoms with Crippen molar-refractivity contribution in [3.05, 3.63) is 29.8 Å². The first-order valence-corrected chi connectivity index (χ1v) is 15.4. The number of carbonyl (C=O) groups is 2. The summed E-state index contributed by atoms with van der Waals surface area (Å²) in [6, 6.07) is 8.43. The lowest BCUT2D eigenvalue weighted by Gasteiger charge is -2.62. The van der Waals surface area contributed by atoms with Gasteiger partial charge in [0.05, 0.1) is 12.7 Å². The highest BCUT2D eigenvalue weighted by molar-refractivity contribution is 5.79. The summed E-state index contributed by atoms with van der Waals surface area (Å²) in [6.07, 6.45) is 12.8. The topological polar surface area (TPSA) is 75.6 Å². The minimum absolute atomic E-state index is 0.0515. The van der Waals surface area contributed by atoms with E-state index in [9.17, 15) is 14.7 Å². The van der Waals surface area contributed by atoms with Crippen LogP contribution in [-0.2, 0) is 16.0 Å². The van der Waals surface area contributed by atoms with E-state index in [0.29, 0.717) is 60.2 Å². The molecule has 5 heteroatoms. The van der Waals surface area contributed by atoms with Crippen LogP contribution in [0, 0.1) is 40.4 Å². The fourth-order valence-electron chi connectivity index (χ4n) is 9.40. The van der Waals surface area contributed by atoms with Crippen LogP contribution in [0.4, 0.5) is 0 Å². The molecule has 0 aromatic heterocycles. The molecule has 4 aliphatic rings. The standard InChI is InChI=1S/C33H49NO4/c1-32-16-14-25(35)21-24(32)20-23(31-27-12-13-29(36)33(27,2)17-15-28(31)32)9-4-7-22-8-5-10-26(19-22)38-18-6-11-30(37)34-3/h5,8,10,19,23-24,27-29,31,36H,4,6-7,9,11-18,20-21H2,1-3H3,(H,34,37)/t23?,24?,27-,28+,29?,31-,32-,33-/m0/s1. The zero-order valence-corrected chi connectivity index (χ0v) is 23.8. The van der Waals surface area contributed by atoms with Crippen LogP contribution in [0.1, 0.15) is 96.5 Å². The van der Waals surface area contributed by atoms with Crippen molar-refractivity contribution in [2.75, 3.05) is 13.7 Å². The highest BCUT2D eigenvalue weighted by atomic mass is 16.5. The minimum Gasteiger partial charge on any atom is -0.494 e. The predicted octanol–water partition coefficient (Wildman–Crippen LogP) is 6.11. The van der Waals surface area contributed by atoms with E-state index in [4.69, 9.17) is 4.74 Å². The van der Waals surface area contributed by atoms with Crippen LogP contribution in [0.25, 0.3) is 0 Å². The molecule has 1 aromatic carbocycles. The van der Waals surface area contributed by atoms with Gasteiger partial charge in [-0.2, -0.15) is 0 Å². The molecule has 0 radical (unpaired) electrons. The Kier molecular flexibility index (Phi) is 8.24. The quantitative estimate of drug-likeness (QED) is 0.383. The number of hydrogen-bond acceptors (Lipinski definition) is 4. The van der Waals surface area contributed by atoms with Gasteiger partial charge in [0.15, 0.2) is 0 Å². The summed E-state index contributed by atoms with van der Waals surface area (Å²) in [5, 5.41) is 13.6. The van der Waals surface area contributed by atoms with Gasteiger partial charge >= 0.3 is 0 Å². The Bertz CT molecular complexity index is 1010. The van der Waals surface area contributed by atoms with Crippen molar-refractivity contribution in [3.63, 3.8) is 0 Å². The van der Waals surface area contributed by atoms with Crippen molar-refractivity contribution < 1.29 is 19.4 Å². The maximum absolute atomic E-state index is 12.5. The zero-order valence-electron chi connectivity index (χ0n) is 23.8. The number of aliphatic hydroxyl groups excluding tert-OH is 1. The molecule has 0 bridgehead atoms. The number of Topliss-reactive ketones (excluding diaryl/α,β-unsaturated/α-hetero) is 1. The Morgan fingerprint density at radius 2 is 1.92 bits per heavy atom. The SMILES string of the molecule is CNC(=O)CCCOc1cccc(CCCC2CC3CC(=O)CC[C@]3(C)[C@@H]3CC[C@]4(C)C(O)CC[C@H]4[C@H]23)c1. The molecule has 1 amide bonds. The van der Waals surface area contributed by atoms with E-state index in [-0.39, 0.29) is 17.4 Å². The molecule has 8 atom stereocenters. The van der Waals surface area contributed by atoms with Crippen molar-refractivity contribution in [1.29, 1.82) is 0 Å². The van der Waals surface area contributed by atoms with E-state index in [0.717, 1.165) is 50.7 Å². The van der Waals surface area contributed by atoms with Gasteiger partial charge < -0.3 is 15.2 Å². The summed E-state index contributed by atoms with van der Waals surface area (Å²) in [4.78, 5) is 23.9. The smallest absolute Gasteiger partial charge is 0.219 e. The molecule has 0 aliphatic heterocycles. The van der Waals surface area contributed by atoms with E-state index in [1.807, 2.05) is 6.07 Å². The molecule has 0 saturated heterocycles. The molecule has 3 unspecified atom stereocenters. The number of rotatable bonds is 9. The van der Waals surface area contributed by atoms with Gasteiger partial charge in [0.25, 0.3) is 0 Å². The molecule has 0 heterocycles. The fraction of sp³-hybridized carbons (Fsp3) is 0.758. The van der Waals surface area contributed by atoms with Gasteiger partial charge in [0.1, 0.15) is 11.5 Å². The molecule has 38 heavy (non-hydrogen) atoms. The maximum atomic E-state index is 12.5. The molecule has 5 nitrogen and oxygen atoms in total. The largest absolute Gasteiger partial charge is 0.494 e. The lowest BCUT2D eigenvalue weighted by molar-refractivity contribution is -0.156. The lowest BCUT2D eigenvalue weighted by Crippen LogP contribution is -2.57. The van der Waals surface area contributed by atoms with Crippen molar-refractivity contribution >= 4 is 11.7 Å². The average Bonchev–Trinajstić information content (AvgIpc) is 3.21. The maximum Gasteiger partial charge on any atom is 0.219 e. The summed E-state index contributed by atoms with van der Waals surface area (Å²) >= 11 is 0. The first-order valence-electron chi connectivity index (χ1n) is 15.4. The monoisotopic (exact) mass is 523 g/mol.